The Hall–Kier alpha value is -0.570. The summed E-state index contributed by atoms with van der Waals surface area (Å²) in [7, 11) is 0. The van der Waals surface area contributed by atoms with E-state index in [0.717, 1.165) is 18.7 Å². The van der Waals surface area contributed by atoms with Gasteiger partial charge in [-0.05, 0) is 57.5 Å². The van der Waals surface area contributed by atoms with E-state index in [0.29, 0.717) is 5.02 Å². The fraction of sp³-hybridized carbons (Fsp3) is 0.571. The van der Waals surface area contributed by atoms with Gasteiger partial charge in [0.1, 0.15) is 0 Å². The summed E-state index contributed by atoms with van der Waals surface area (Å²) in [6, 6.07) is 7.48. The average Bonchev–Trinajstić information content (AvgIpc) is 2.83. The molecule has 0 radical (unpaired) electrons. The summed E-state index contributed by atoms with van der Waals surface area (Å²) in [5.41, 5.74) is 0.718. The van der Waals surface area contributed by atoms with E-state index in [2.05, 4.69) is 18.7 Å². The summed E-state index contributed by atoms with van der Waals surface area (Å²) in [5.74, 6) is 0. The number of likely N-dealkylation sites (tertiary alicyclic amines) is 1. The van der Waals surface area contributed by atoms with Crippen molar-refractivity contribution in [2.75, 3.05) is 13.1 Å². The lowest BCUT2D eigenvalue weighted by atomic mass is 9.90. The van der Waals surface area contributed by atoms with E-state index in [9.17, 15) is 5.11 Å². The second kappa shape index (κ2) is 4.97. The first kappa shape index (κ1) is 12.9. The zero-order valence-corrected chi connectivity index (χ0v) is 11.2. The molecule has 1 aliphatic heterocycles. The highest BCUT2D eigenvalue weighted by atomic mass is 35.5. The molecule has 1 aliphatic rings. The third kappa shape index (κ3) is 2.65. The van der Waals surface area contributed by atoms with Crippen molar-refractivity contribution >= 4 is 11.6 Å². The molecule has 0 spiro atoms. The molecule has 1 heterocycles. The van der Waals surface area contributed by atoms with Gasteiger partial charge in [-0.25, -0.2) is 0 Å². The van der Waals surface area contributed by atoms with E-state index in [-0.39, 0.29) is 5.54 Å². The number of benzene rings is 1. The number of halogens is 1. The molecule has 3 heteroatoms. The molecular weight excluding hydrogens is 234 g/mol. The lowest BCUT2D eigenvalue weighted by molar-refractivity contribution is 0.00133. The first-order valence-electron chi connectivity index (χ1n) is 6.20. The van der Waals surface area contributed by atoms with Crippen LogP contribution in [-0.2, 0) is 0 Å². The normalized spacial score (nSPS) is 19.5. The van der Waals surface area contributed by atoms with Gasteiger partial charge in [0.05, 0.1) is 6.10 Å². The quantitative estimate of drug-likeness (QED) is 0.894. The largest absolute Gasteiger partial charge is 0.386 e. The van der Waals surface area contributed by atoms with Crippen LogP contribution in [0.4, 0.5) is 0 Å². The van der Waals surface area contributed by atoms with Gasteiger partial charge in [0.25, 0.3) is 0 Å². The van der Waals surface area contributed by atoms with Crippen LogP contribution >= 0.6 is 11.6 Å². The standard InChI is InChI=1S/C14H20ClNO/c1-14(2,16-9-3-4-10-16)13(17)11-5-7-12(15)8-6-11/h5-8,13,17H,3-4,9-10H2,1-2H3. The molecule has 1 aromatic carbocycles. The average molecular weight is 254 g/mol. The zero-order chi connectivity index (χ0) is 12.5. The van der Waals surface area contributed by atoms with Crippen LogP contribution in [0.3, 0.4) is 0 Å². The van der Waals surface area contributed by atoms with E-state index in [1.165, 1.54) is 12.8 Å². The van der Waals surface area contributed by atoms with Gasteiger partial charge < -0.3 is 5.11 Å². The third-order valence-corrected chi connectivity index (χ3v) is 4.03. The molecule has 2 nitrogen and oxygen atoms in total. The van der Waals surface area contributed by atoms with Gasteiger partial charge in [-0.1, -0.05) is 23.7 Å². The maximum absolute atomic E-state index is 10.5. The number of rotatable bonds is 3. The van der Waals surface area contributed by atoms with Crippen molar-refractivity contribution in [3.8, 4) is 0 Å². The Morgan fingerprint density at radius 3 is 2.24 bits per heavy atom. The number of aliphatic hydroxyl groups is 1. The summed E-state index contributed by atoms with van der Waals surface area (Å²) in [6.45, 7) is 6.38. The van der Waals surface area contributed by atoms with Crippen LogP contribution in [0.25, 0.3) is 0 Å². The molecule has 0 amide bonds. The van der Waals surface area contributed by atoms with Crippen molar-refractivity contribution in [2.45, 2.75) is 38.3 Å². The first-order valence-corrected chi connectivity index (χ1v) is 6.58. The third-order valence-electron chi connectivity index (χ3n) is 3.78. The molecular formula is C14H20ClNO. The molecule has 0 aliphatic carbocycles. The van der Waals surface area contributed by atoms with Gasteiger partial charge in [-0.2, -0.15) is 0 Å². The molecule has 1 atom stereocenters. The van der Waals surface area contributed by atoms with Crippen LogP contribution in [0.1, 0.15) is 38.4 Å². The Morgan fingerprint density at radius 2 is 1.71 bits per heavy atom. The lowest BCUT2D eigenvalue weighted by Gasteiger charge is -2.39. The number of nitrogens with zero attached hydrogens (tertiary/aromatic N) is 1. The molecule has 0 aromatic heterocycles. The number of aliphatic hydroxyl groups excluding tert-OH is 1. The summed E-state index contributed by atoms with van der Waals surface area (Å²) < 4.78 is 0. The fourth-order valence-corrected chi connectivity index (χ4v) is 2.65. The highest BCUT2D eigenvalue weighted by Crippen LogP contribution is 2.33. The van der Waals surface area contributed by atoms with Gasteiger partial charge in [-0.15, -0.1) is 0 Å². The van der Waals surface area contributed by atoms with Gasteiger partial charge in [0.2, 0.25) is 0 Å². The minimum absolute atomic E-state index is 0.218. The van der Waals surface area contributed by atoms with Crippen molar-refractivity contribution < 1.29 is 5.11 Å². The van der Waals surface area contributed by atoms with E-state index < -0.39 is 6.10 Å². The van der Waals surface area contributed by atoms with Crippen LogP contribution in [0, 0.1) is 0 Å². The Kier molecular flexibility index (Phi) is 3.76. The SMILES string of the molecule is CC(C)(C(O)c1ccc(Cl)cc1)N1CCCC1. The number of hydrogen-bond donors (Lipinski definition) is 1. The highest BCUT2D eigenvalue weighted by Gasteiger charge is 2.36. The van der Waals surface area contributed by atoms with Crippen molar-refractivity contribution in [3.63, 3.8) is 0 Å². The predicted molar refractivity (Wildman–Crippen MR) is 71.3 cm³/mol. The minimum atomic E-state index is -0.474. The Labute approximate surface area is 108 Å². The maximum atomic E-state index is 10.5. The summed E-state index contributed by atoms with van der Waals surface area (Å²) >= 11 is 5.87. The molecule has 0 bridgehead atoms. The maximum Gasteiger partial charge on any atom is 0.0968 e. The van der Waals surface area contributed by atoms with Crippen molar-refractivity contribution in [2.24, 2.45) is 0 Å². The zero-order valence-electron chi connectivity index (χ0n) is 10.5. The number of hydrogen-bond acceptors (Lipinski definition) is 2. The van der Waals surface area contributed by atoms with Gasteiger partial charge >= 0.3 is 0 Å². The highest BCUT2D eigenvalue weighted by molar-refractivity contribution is 6.30. The van der Waals surface area contributed by atoms with Crippen LogP contribution in [0.5, 0.6) is 0 Å². The lowest BCUT2D eigenvalue weighted by Crippen LogP contribution is -2.46. The molecule has 2 rings (SSSR count). The summed E-state index contributed by atoms with van der Waals surface area (Å²) in [6.07, 6.45) is 1.99. The van der Waals surface area contributed by atoms with Crippen LogP contribution < -0.4 is 0 Å². The van der Waals surface area contributed by atoms with E-state index in [4.69, 9.17) is 11.6 Å². The minimum Gasteiger partial charge on any atom is -0.386 e. The Bertz CT molecular complexity index is 368. The molecule has 1 N–H and O–H groups in total. The molecule has 1 saturated heterocycles. The van der Waals surface area contributed by atoms with E-state index in [1.54, 1.807) is 0 Å². The van der Waals surface area contributed by atoms with Crippen LogP contribution in [-0.4, -0.2) is 28.6 Å². The van der Waals surface area contributed by atoms with Crippen molar-refractivity contribution in [1.29, 1.82) is 0 Å². The monoisotopic (exact) mass is 253 g/mol. The Balaban J connectivity index is 2.17. The van der Waals surface area contributed by atoms with Crippen LogP contribution in [0.2, 0.25) is 5.02 Å². The van der Waals surface area contributed by atoms with E-state index >= 15 is 0 Å². The van der Waals surface area contributed by atoms with Gasteiger partial charge in [0, 0.05) is 10.6 Å². The van der Waals surface area contributed by atoms with Crippen LogP contribution in [0.15, 0.2) is 24.3 Å². The van der Waals surface area contributed by atoms with Gasteiger partial charge in [0.15, 0.2) is 0 Å². The van der Waals surface area contributed by atoms with Crippen molar-refractivity contribution in [1.82, 2.24) is 4.90 Å². The molecule has 94 valence electrons. The second-order valence-electron chi connectivity index (χ2n) is 5.30. The van der Waals surface area contributed by atoms with Gasteiger partial charge in [-0.3, -0.25) is 4.90 Å². The topological polar surface area (TPSA) is 23.5 Å². The molecule has 0 saturated carbocycles. The second-order valence-corrected chi connectivity index (χ2v) is 5.74. The molecule has 1 unspecified atom stereocenters. The Morgan fingerprint density at radius 1 is 1.18 bits per heavy atom. The fourth-order valence-electron chi connectivity index (χ4n) is 2.52. The first-order chi connectivity index (χ1) is 8.01. The van der Waals surface area contributed by atoms with Crippen molar-refractivity contribution in [3.05, 3.63) is 34.9 Å². The summed E-state index contributed by atoms with van der Waals surface area (Å²) in [4.78, 5) is 2.37. The predicted octanol–water partition coefficient (Wildman–Crippen LogP) is 3.25. The molecule has 1 aromatic rings. The molecule has 17 heavy (non-hydrogen) atoms. The summed E-state index contributed by atoms with van der Waals surface area (Å²) in [5, 5.41) is 11.2. The smallest absolute Gasteiger partial charge is 0.0968 e. The van der Waals surface area contributed by atoms with E-state index in [1.807, 2.05) is 24.3 Å². The molecule has 1 fully saturated rings.